The van der Waals surface area contributed by atoms with E-state index in [0.717, 1.165) is 25.8 Å². The molecule has 1 saturated heterocycles. The summed E-state index contributed by atoms with van der Waals surface area (Å²) in [6.45, 7) is 6.44. The van der Waals surface area contributed by atoms with Gasteiger partial charge in [0.05, 0.1) is 5.54 Å². The average molecular weight is 157 g/mol. The van der Waals surface area contributed by atoms with E-state index in [1.54, 1.807) is 0 Å². The second-order valence-electron chi connectivity index (χ2n) is 3.32. The topological polar surface area (TPSA) is 3.24 Å². The molecule has 1 rings (SSSR count). The number of likely N-dealkylation sites (tertiary alicyclic amines) is 1. The van der Waals surface area contributed by atoms with Crippen LogP contribution in [0.25, 0.3) is 0 Å². The van der Waals surface area contributed by atoms with Crippen LogP contribution in [0.4, 0.5) is 4.39 Å². The summed E-state index contributed by atoms with van der Waals surface area (Å²) >= 11 is 0. The van der Waals surface area contributed by atoms with Crippen molar-refractivity contribution in [3.05, 3.63) is 12.4 Å². The molecule has 0 spiro atoms. The largest absolute Gasteiger partial charge is 0.295 e. The highest BCUT2D eigenvalue weighted by atomic mass is 19.1. The predicted octanol–water partition coefficient (Wildman–Crippen LogP) is 2.34. The van der Waals surface area contributed by atoms with Crippen LogP contribution in [0.2, 0.25) is 0 Å². The summed E-state index contributed by atoms with van der Waals surface area (Å²) in [5, 5.41) is 0. The van der Waals surface area contributed by atoms with Crippen LogP contribution in [0.1, 0.15) is 26.2 Å². The molecular weight excluding hydrogens is 141 g/mol. The van der Waals surface area contributed by atoms with Crippen LogP contribution in [0.5, 0.6) is 0 Å². The van der Waals surface area contributed by atoms with E-state index >= 15 is 0 Å². The van der Waals surface area contributed by atoms with Gasteiger partial charge < -0.3 is 0 Å². The van der Waals surface area contributed by atoms with E-state index < -0.39 is 0 Å². The Balaban J connectivity index is 2.82. The first-order valence-corrected chi connectivity index (χ1v) is 4.19. The van der Waals surface area contributed by atoms with Crippen LogP contribution in [0.3, 0.4) is 0 Å². The Morgan fingerprint density at radius 2 is 2.36 bits per heavy atom. The van der Waals surface area contributed by atoms with Crippen molar-refractivity contribution in [2.75, 3.05) is 13.6 Å². The molecule has 0 bridgehead atoms. The molecule has 11 heavy (non-hydrogen) atoms. The fourth-order valence-electron chi connectivity index (χ4n) is 1.99. The molecule has 1 nitrogen and oxygen atoms in total. The molecule has 1 unspecified atom stereocenters. The molecule has 0 N–H and O–H groups in total. The molecule has 0 aromatic rings. The maximum absolute atomic E-state index is 13.1. The van der Waals surface area contributed by atoms with Crippen LogP contribution in [0.15, 0.2) is 12.4 Å². The molecule has 1 aliphatic heterocycles. The Kier molecular flexibility index (Phi) is 2.33. The average Bonchev–Trinajstić information content (AvgIpc) is 2.32. The molecule has 1 aliphatic rings. The zero-order chi connectivity index (χ0) is 8.48. The third-order valence-corrected chi connectivity index (χ3v) is 2.90. The number of likely N-dealkylation sites (N-methyl/N-ethyl adjacent to an activating group) is 1. The molecule has 0 saturated carbocycles. The van der Waals surface area contributed by atoms with Gasteiger partial charge in [-0.05, 0) is 32.9 Å². The van der Waals surface area contributed by atoms with Crippen LogP contribution in [0, 0.1) is 0 Å². The third kappa shape index (κ3) is 1.20. The molecule has 1 fully saturated rings. The molecular formula is C9H16FN. The van der Waals surface area contributed by atoms with Gasteiger partial charge in [-0.25, -0.2) is 4.39 Å². The lowest BCUT2D eigenvalue weighted by Gasteiger charge is -2.33. The molecule has 0 aromatic heterocycles. The standard InChI is InChI=1S/C9H16FN/c1-4-9(8(2)10)6-5-7-11(9)3/h2,4-7H2,1,3H3. The molecule has 1 atom stereocenters. The second kappa shape index (κ2) is 2.94. The molecule has 1 heterocycles. The minimum atomic E-state index is -0.333. The smallest absolute Gasteiger partial charge is 0.113 e. The van der Waals surface area contributed by atoms with E-state index in [9.17, 15) is 4.39 Å². The number of nitrogens with zero attached hydrogens (tertiary/aromatic N) is 1. The molecule has 0 radical (unpaired) electrons. The van der Waals surface area contributed by atoms with Crippen molar-refractivity contribution < 1.29 is 4.39 Å². The van der Waals surface area contributed by atoms with Crippen molar-refractivity contribution in [3.63, 3.8) is 0 Å². The van der Waals surface area contributed by atoms with Crippen LogP contribution in [-0.2, 0) is 0 Å². The van der Waals surface area contributed by atoms with Crippen LogP contribution < -0.4 is 0 Å². The first-order chi connectivity index (χ1) is 5.13. The van der Waals surface area contributed by atoms with Gasteiger partial charge in [0, 0.05) is 0 Å². The Labute approximate surface area is 67.9 Å². The quantitative estimate of drug-likeness (QED) is 0.594. The van der Waals surface area contributed by atoms with Crippen LogP contribution in [-0.4, -0.2) is 24.0 Å². The van der Waals surface area contributed by atoms with E-state index in [2.05, 4.69) is 11.5 Å². The SMILES string of the molecule is C=C(F)C1(CC)CCCN1C. The summed E-state index contributed by atoms with van der Waals surface area (Å²) in [4.78, 5) is 2.08. The minimum absolute atomic E-state index is 0.167. The summed E-state index contributed by atoms with van der Waals surface area (Å²) in [5.41, 5.74) is -0.333. The van der Waals surface area contributed by atoms with Gasteiger partial charge in [0.25, 0.3) is 0 Å². The molecule has 64 valence electrons. The highest BCUT2D eigenvalue weighted by molar-refractivity contribution is 5.12. The molecule has 0 amide bonds. The van der Waals surface area contributed by atoms with Crippen molar-refractivity contribution in [3.8, 4) is 0 Å². The van der Waals surface area contributed by atoms with Gasteiger partial charge in [-0.15, -0.1) is 0 Å². The summed E-state index contributed by atoms with van der Waals surface area (Å²) < 4.78 is 13.1. The summed E-state index contributed by atoms with van der Waals surface area (Å²) in [6, 6.07) is 0. The monoisotopic (exact) mass is 157 g/mol. The van der Waals surface area contributed by atoms with Crippen molar-refractivity contribution >= 4 is 0 Å². The van der Waals surface area contributed by atoms with Gasteiger partial charge in [-0.3, -0.25) is 4.90 Å². The highest BCUT2D eigenvalue weighted by Crippen LogP contribution is 2.36. The fraction of sp³-hybridized carbons (Fsp3) is 0.778. The Morgan fingerprint density at radius 1 is 1.73 bits per heavy atom. The zero-order valence-corrected chi connectivity index (χ0v) is 7.36. The van der Waals surface area contributed by atoms with Crippen molar-refractivity contribution in [2.24, 2.45) is 0 Å². The van der Waals surface area contributed by atoms with Crippen LogP contribution >= 0.6 is 0 Å². The number of hydrogen-bond acceptors (Lipinski definition) is 1. The van der Waals surface area contributed by atoms with E-state index in [0.29, 0.717) is 0 Å². The Morgan fingerprint density at radius 3 is 2.55 bits per heavy atom. The van der Waals surface area contributed by atoms with Gasteiger partial charge >= 0.3 is 0 Å². The molecule has 0 aliphatic carbocycles. The second-order valence-corrected chi connectivity index (χ2v) is 3.32. The predicted molar refractivity (Wildman–Crippen MR) is 45.1 cm³/mol. The molecule has 2 heteroatoms. The normalized spacial score (nSPS) is 32.6. The van der Waals surface area contributed by atoms with E-state index in [1.807, 2.05) is 14.0 Å². The summed E-state index contributed by atoms with van der Waals surface area (Å²) in [7, 11) is 1.97. The lowest BCUT2D eigenvalue weighted by atomic mass is 9.92. The van der Waals surface area contributed by atoms with Gasteiger partial charge in [0.1, 0.15) is 5.83 Å². The maximum Gasteiger partial charge on any atom is 0.113 e. The number of hydrogen-bond donors (Lipinski definition) is 0. The maximum atomic E-state index is 13.1. The number of halogens is 1. The summed E-state index contributed by atoms with van der Waals surface area (Å²) in [5.74, 6) is -0.167. The van der Waals surface area contributed by atoms with Gasteiger partial charge in [-0.1, -0.05) is 13.5 Å². The highest BCUT2D eigenvalue weighted by Gasteiger charge is 2.39. The molecule has 0 aromatic carbocycles. The van der Waals surface area contributed by atoms with Crippen molar-refractivity contribution in [2.45, 2.75) is 31.7 Å². The Hall–Kier alpha value is -0.370. The zero-order valence-electron chi connectivity index (χ0n) is 7.36. The fourth-order valence-corrected chi connectivity index (χ4v) is 1.99. The van der Waals surface area contributed by atoms with Gasteiger partial charge in [0.15, 0.2) is 0 Å². The van der Waals surface area contributed by atoms with E-state index in [4.69, 9.17) is 0 Å². The Bertz CT molecular complexity index is 167. The minimum Gasteiger partial charge on any atom is -0.295 e. The van der Waals surface area contributed by atoms with Gasteiger partial charge in [0.2, 0.25) is 0 Å². The van der Waals surface area contributed by atoms with Crippen molar-refractivity contribution in [1.29, 1.82) is 0 Å². The number of rotatable bonds is 2. The van der Waals surface area contributed by atoms with Gasteiger partial charge in [-0.2, -0.15) is 0 Å². The lowest BCUT2D eigenvalue weighted by Crippen LogP contribution is -2.40. The lowest BCUT2D eigenvalue weighted by molar-refractivity contribution is 0.177. The summed E-state index contributed by atoms with van der Waals surface area (Å²) in [6.07, 6.45) is 2.85. The third-order valence-electron chi connectivity index (χ3n) is 2.90. The first-order valence-electron chi connectivity index (χ1n) is 4.19. The first kappa shape index (κ1) is 8.72. The van der Waals surface area contributed by atoms with E-state index in [1.165, 1.54) is 0 Å². The van der Waals surface area contributed by atoms with E-state index in [-0.39, 0.29) is 11.4 Å². The van der Waals surface area contributed by atoms with Crippen molar-refractivity contribution in [1.82, 2.24) is 4.90 Å².